The van der Waals surface area contributed by atoms with Crippen LogP contribution in [0.15, 0.2) is 18.2 Å². The lowest BCUT2D eigenvalue weighted by molar-refractivity contribution is -0.133. The molecule has 1 aliphatic carbocycles. The first-order valence-electron chi connectivity index (χ1n) is 12.6. The molecule has 2 saturated heterocycles. The summed E-state index contributed by atoms with van der Waals surface area (Å²) >= 11 is 0. The molecule has 0 aromatic heterocycles. The fourth-order valence-corrected chi connectivity index (χ4v) is 5.03. The van der Waals surface area contributed by atoms with Crippen LogP contribution in [-0.4, -0.2) is 66.1 Å². The number of likely N-dealkylation sites (tertiary alicyclic amines) is 1. The molecule has 0 unspecified atom stereocenters. The number of hydrogen-bond donors (Lipinski definition) is 1. The van der Waals surface area contributed by atoms with Crippen LogP contribution in [0.5, 0.6) is 0 Å². The Hall–Kier alpha value is -2.13. The number of alkyl halides is 1. The van der Waals surface area contributed by atoms with Crippen LogP contribution in [0.25, 0.3) is 0 Å². The molecular formula is C26H38BFN2O5. The summed E-state index contributed by atoms with van der Waals surface area (Å²) in [5.41, 5.74) is 1.49. The number of carbonyl (C=O) groups excluding carboxylic acids is 2. The minimum Gasteiger partial charge on any atom is -0.444 e. The van der Waals surface area contributed by atoms with Crippen molar-refractivity contribution in [1.29, 1.82) is 0 Å². The van der Waals surface area contributed by atoms with Gasteiger partial charge in [-0.2, -0.15) is 0 Å². The number of hydrogen-bond acceptors (Lipinski definition) is 5. The van der Waals surface area contributed by atoms with Crippen LogP contribution in [0.4, 0.5) is 9.18 Å². The summed E-state index contributed by atoms with van der Waals surface area (Å²) in [5, 5.41) is 2.81. The highest BCUT2D eigenvalue weighted by molar-refractivity contribution is 6.62. The van der Waals surface area contributed by atoms with Crippen molar-refractivity contribution in [3.05, 3.63) is 29.3 Å². The summed E-state index contributed by atoms with van der Waals surface area (Å²) in [7, 11) is -0.465. The molecule has 9 heteroatoms. The highest BCUT2D eigenvalue weighted by Gasteiger charge is 2.52. The zero-order valence-electron chi connectivity index (χ0n) is 21.9. The number of amides is 2. The molecule has 2 amide bonds. The highest BCUT2D eigenvalue weighted by Crippen LogP contribution is 2.39. The second-order valence-electron chi connectivity index (χ2n) is 12.0. The van der Waals surface area contributed by atoms with Crippen molar-refractivity contribution >= 4 is 24.6 Å². The molecule has 2 fully saturated rings. The van der Waals surface area contributed by atoms with E-state index in [9.17, 15) is 14.0 Å². The maximum Gasteiger partial charge on any atom is 0.494 e. The van der Waals surface area contributed by atoms with Crippen LogP contribution >= 0.6 is 0 Å². The van der Waals surface area contributed by atoms with E-state index < -0.39 is 42.2 Å². The number of benzene rings is 1. The average Bonchev–Trinajstić information content (AvgIpc) is 3.40. The summed E-state index contributed by atoms with van der Waals surface area (Å²) in [5.74, 6) is -0.486. The van der Waals surface area contributed by atoms with Crippen LogP contribution in [0.1, 0.15) is 78.4 Å². The number of nitrogens with one attached hydrogen (secondary N) is 1. The largest absolute Gasteiger partial charge is 0.494 e. The van der Waals surface area contributed by atoms with Crippen molar-refractivity contribution in [2.24, 2.45) is 0 Å². The highest BCUT2D eigenvalue weighted by atomic mass is 19.1. The third kappa shape index (κ3) is 5.36. The van der Waals surface area contributed by atoms with Crippen LogP contribution in [-0.2, 0) is 25.3 Å². The third-order valence-corrected chi connectivity index (χ3v) is 7.60. The SMILES string of the molecule is CC(C)(C)OC(=O)N[C@H](C(=O)N1CC[C@H](F)C1)[C@H]1CCc2cc(B3OC(C)(C)C(C)(C)O3)ccc21. The first-order chi connectivity index (χ1) is 16.2. The van der Waals surface area contributed by atoms with Crippen molar-refractivity contribution in [1.82, 2.24) is 10.2 Å². The molecule has 0 bridgehead atoms. The van der Waals surface area contributed by atoms with E-state index in [0.717, 1.165) is 23.0 Å². The van der Waals surface area contributed by atoms with E-state index in [4.69, 9.17) is 14.0 Å². The maximum atomic E-state index is 13.9. The summed E-state index contributed by atoms with van der Waals surface area (Å²) in [4.78, 5) is 27.6. The van der Waals surface area contributed by atoms with Crippen molar-refractivity contribution in [3.63, 3.8) is 0 Å². The molecule has 3 aliphatic rings. The Morgan fingerprint density at radius 3 is 2.40 bits per heavy atom. The van der Waals surface area contributed by atoms with Crippen molar-refractivity contribution in [2.75, 3.05) is 13.1 Å². The summed E-state index contributed by atoms with van der Waals surface area (Å²) < 4.78 is 31.7. The fourth-order valence-electron chi connectivity index (χ4n) is 5.03. The number of fused-ring (bicyclic) bond motifs is 1. The van der Waals surface area contributed by atoms with Gasteiger partial charge in [0.25, 0.3) is 0 Å². The second-order valence-corrected chi connectivity index (χ2v) is 12.0. The lowest BCUT2D eigenvalue weighted by atomic mass is 9.77. The predicted molar refractivity (Wildman–Crippen MR) is 132 cm³/mol. The Kier molecular flexibility index (Phi) is 6.73. The minimum atomic E-state index is -1.03. The average molecular weight is 488 g/mol. The van der Waals surface area contributed by atoms with Gasteiger partial charge in [0, 0.05) is 12.5 Å². The van der Waals surface area contributed by atoms with E-state index >= 15 is 0 Å². The normalized spacial score (nSPS) is 25.9. The van der Waals surface area contributed by atoms with Gasteiger partial charge in [0.15, 0.2) is 0 Å². The quantitative estimate of drug-likeness (QED) is 0.657. The Bertz CT molecular complexity index is 976. The molecule has 7 nitrogen and oxygen atoms in total. The summed E-state index contributed by atoms with van der Waals surface area (Å²) in [6, 6.07) is 5.24. The Balaban J connectivity index is 1.58. The topological polar surface area (TPSA) is 77.1 Å². The van der Waals surface area contributed by atoms with Gasteiger partial charge in [-0.1, -0.05) is 18.2 Å². The molecule has 0 radical (unpaired) electrons. The van der Waals surface area contributed by atoms with E-state index in [0.29, 0.717) is 19.4 Å². The number of carbonyl (C=O) groups is 2. The molecule has 1 N–H and O–H groups in total. The second kappa shape index (κ2) is 9.07. The Morgan fingerprint density at radius 2 is 1.83 bits per heavy atom. The number of nitrogens with zero attached hydrogens (tertiary/aromatic N) is 1. The number of alkyl carbamates (subject to hydrolysis) is 1. The van der Waals surface area contributed by atoms with Crippen molar-refractivity contribution < 1.29 is 28.0 Å². The summed E-state index contributed by atoms with van der Waals surface area (Å²) in [6.45, 7) is 13.8. The van der Waals surface area contributed by atoms with Crippen LogP contribution in [0, 0.1) is 0 Å². The van der Waals surface area contributed by atoms with Gasteiger partial charge < -0.3 is 24.3 Å². The lowest BCUT2D eigenvalue weighted by Gasteiger charge is -2.32. The van der Waals surface area contributed by atoms with Crippen LogP contribution in [0.3, 0.4) is 0 Å². The van der Waals surface area contributed by atoms with Gasteiger partial charge in [-0.05, 0) is 84.3 Å². The third-order valence-electron chi connectivity index (χ3n) is 7.60. The first kappa shape index (κ1) is 26.0. The van der Waals surface area contributed by atoms with E-state index in [1.165, 1.54) is 4.90 Å². The summed E-state index contributed by atoms with van der Waals surface area (Å²) in [6.07, 6.45) is 0.109. The molecule has 35 heavy (non-hydrogen) atoms. The van der Waals surface area contributed by atoms with E-state index in [2.05, 4.69) is 11.4 Å². The van der Waals surface area contributed by atoms with Gasteiger partial charge in [0.05, 0.1) is 17.7 Å². The molecule has 1 aromatic rings. The number of ether oxygens (including phenoxy) is 1. The molecule has 2 aliphatic heterocycles. The van der Waals surface area contributed by atoms with Crippen LogP contribution < -0.4 is 10.8 Å². The molecule has 4 rings (SSSR count). The molecule has 3 atom stereocenters. The van der Waals surface area contributed by atoms with Gasteiger partial charge >= 0.3 is 13.2 Å². The van der Waals surface area contributed by atoms with Crippen molar-refractivity contribution in [3.8, 4) is 0 Å². The monoisotopic (exact) mass is 488 g/mol. The fraction of sp³-hybridized carbons (Fsp3) is 0.692. The molecule has 192 valence electrons. The van der Waals surface area contributed by atoms with E-state index in [-0.39, 0.29) is 18.4 Å². The van der Waals surface area contributed by atoms with Gasteiger partial charge in [0.2, 0.25) is 5.91 Å². The first-order valence-corrected chi connectivity index (χ1v) is 12.6. The number of rotatable bonds is 4. The Labute approximate surface area is 208 Å². The van der Waals surface area contributed by atoms with Gasteiger partial charge in [0.1, 0.15) is 17.8 Å². The lowest BCUT2D eigenvalue weighted by Crippen LogP contribution is -2.51. The standard InChI is InChI=1S/C26H38BFN2O5/c1-24(2,3)33-23(32)29-21(22(31)30-13-12-18(28)15-30)20-10-8-16-14-17(9-11-19(16)20)27-34-25(4,5)26(6,7)35-27/h9,11,14,18,20-21H,8,10,12-13,15H2,1-7H3,(H,29,32)/t18-,20-,21-/m0/s1. The molecule has 2 heterocycles. The Morgan fingerprint density at radius 1 is 1.17 bits per heavy atom. The number of halogens is 1. The molecule has 0 spiro atoms. The van der Waals surface area contributed by atoms with Gasteiger partial charge in [-0.15, -0.1) is 0 Å². The van der Waals surface area contributed by atoms with E-state index in [1.807, 2.05) is 39.8 Å². The van der Waals surface area contributed by atoms with E-state index in [1.54, 1.807) is 20.8 Å². The van der Waals surface area contributed by atoms with Gasteiger partial charge in [-0.25, -0.2) is 9.18 Å². The van der Waals surface area contributed by atoms with Gasteiger partial charge in [-0.3, -0.25) is 4.79 Å². The minimum absolute atomic E-state index is 0.0613. The zero-order chi connectivity index (χ0) is 25.8. The van der Waals surface area contributed by atoms with Crippen LogP contribution in [0.2, 0.25) is 0 Å². The predicted octanol–water partition coefficient (Wildman–Crippen LogP) is 3.48. The molecular weight excluding hydrogens is 450 g/mol. The zero-order valence-corrected chi connectivity index (χ0v) is 21.9. The number of aryl methyl sites for hydroxylation is 1. The molecule has 0 saturated carbocycles. The molecule has 1 aromatic carbocycles. The van der Waals surface area contributed by atoms with Crippen molar-refractivity contribution in [2.45, 2.75) is 103 Å². The maximum absolute atomic E-state index is 13.9. The smallest absolute Gasteiger partial charge is 0.444 e.